The summed E-state index contributed by atoms with van der Waals surface area (Å²) in [5.74, 6) is -0.943. The number of hydrogen-bond acceptors (Lipinski definition) is 7. The number of unbranched alkanes of at least 4 members (excludes halogenated alkanes) is 2. The molecule has 0 spiro atoms. The maximum absolute atomic E-state index is 10.9. The Hall–Kier alpha value is -2.07. The SMILES string of the molecule is O=C/C(=C/O)c1ccc(N(CCCCCC(=O)O)CCCS(O)(O)O)cc1. The van der Waals surface area contributed by atoms with Crippen LogP contribution in [0.1, 0.15) is 37.7 Å². The quantitative estimate of drug-likeness (QED) is 0.145. The van der Waals surface area contributed by atoms with Gasteiger partial charge in [-0.2, -0.15) is 0 Å². The summed E-state index contributed by atoms with van der Waals surface area (Å²) in [6.45, 7) is 1.12. The van der Waals surface area contributed by atoms with E-state index in [2.05, 4.69) is 0 Å². The number of benzene rings is 1. The van der Waals surface area contributed by atoms with Crippen LogP contribution in [-0.4, -0.2) is 55.0 Å². The minimum Gasteiger partial charge on any atom is -0.515 e. The van der Waals surface area contributed by atoms with Gasteiger partial charge in [-0.1, -0.05) is 18.6 Å². The normalized spacial score (nSPS) is 12.6. The summed E-state index contributed by atoms with van der Waals surface area (Å²) in [5.41, 5.74) is 1.58. The number of carboxylic acid groups (broad SMARTS) is 1. The summed E-state index contributed by atoms with van der Waals surface area (Å²) in [4.78, 5) is 23.5. The van der Waals surface area contributed by atoms with Gasteiger partial charge in [0.25, 0.3) is 0 Å². The van der Waals surface area contributed by atoms with E-state index in [4.69, 9.17) is 23.9 Å². The molecule has 0 atom stereocenters. The zero-order chi connectivity index (χ0) is 20.3. The number of aldehydes is 1. The van der Waals surface area contributed by atoms with Crippen molar-refractivity contribution in [3.8, 4) is 0 Å². The number of carboxylic acids is 1. The Kier molecular flexibility index (Phi) is 9.87. The van der Waals surface area contributed by atoms with Crippen LogP contribution in [0.25, 0.3) is 5.57 Å². The summed E-state index contributed by atoms with van der Waals surface area (Å²) >= 11 is 0. The predicted molar refractivity (Wildman–Crippen MR) is 106 cm³/mol. The van der Waals surface area contributed by atoms with E-state index in [1.165, 1.54) is 0 Å². The van der Waals surface area contributed by atoms with Crippen molar-refractivity contribution >= 4 is 34.4 Å². The van der Waals surface area contributed by atoms with Crippen LogP contribution < -0.4 is 4.90 Å². The topological polar surface area (TPSA) is 139 Å². The smallest absolute Gasteiger partial charge is 0.303 e. The van der Waals surface area contributed by atoms with E-state index in [1.807, 2.05) is 4.90 Å². The molecule has 0 unspecified atom stereocenters. The molecule has 0 aliphatic heterocycles. The maximum Gasteiger partial charge on any atom is 0.303 e. The first kappa shape index (κ1) is 23.0. The maximum atomic E-state index is 10.9. The first-order valence-electron chi connectivity index (χ1n) is 8.62. The van der Waals surface area contributed by atoms with Crippen LogP contribution in [0.15, 0.2) is 30.5 Å². The lowest BCUT2D eigenvalue weighted by Crippen LogP contribution is -2.27. The summed E-state index contributed by atoms with van der Waals surface area (Å²) in [7, 11) is -3.53. The number of aliphatic hydroxyl groups excluding tert-OH is 1. The fraction of sp³-hybridized carbons (Fsp3) is 0.444. The Morgan fingerprint density at radius 3 is 2.15 bits per heavy atom. The number of nitrogens with zero attached hydrogens (tertiary/aromatic N) is 1. The highest BCUT2D eigenvalue weighted by Crippen LogP contribution is 2.33. The molecule has 27 heavy (non-hydrogen) atoms. The molecule has 0 amide bonds. The molecule has 0 bridgehead atoms. The van der Waals surface area contributed by atoms with Crippen LogP contribution in [0.4, 0.5) is 5.69 Å². The van der Waals surface area contributed by atoms with E-state index in [1.54, 1.807) is 24.3 Å². The molecular weight excluding hydrogens is 374 g/mol. The lowest BCUT2D eigenvalue weighted by molar-refractivity contribution is -0.137. The van der Waals surface area contributed by atoms with Gasteiger partial charge in [-0.25, -0.2) is 0 Å². The molecule has 0 fully saturated rings. The van der Waals surface area contributed by atoms with Gasteiger partial charge in [0.1, 0.15) is 0 Å². The Morgan fingerprint density at radius 2 is 1.63 bits per heavy atom. The highest BCUT2D eigenvalue weighted by Gasteiger charge is 2.13. The number of aliphatic carboxylic acids is 1. The van der Waals surface area contributed by atoms with E-state index in [9.17, 15) is 9.59 Å². The summed E-state index contributed by atoms with van der Waals surface area (Å²) in [5, 5.41) is 17.7. The number of hydrogen-bond donors (Lipinski definition) is 5. The Balaban J connectivity index is 2.73. The Labute approximate surface area is 160 Å². The second-order valence-electron chi connectivity index (χ2n) is 6.13. The van der Waals surface area contributed by atoms with E-state index >= 15 is 0 Å². The second-order valence-corrected chi connectivity index (χ2v) is 7.80. The van der Waals surface area contributed by atoms with Gasteiger partial charge in [0.15, 0.2) is 6.29 Å². The number of rotatable bonds is 13. The van der Waals surface area contributed by atoms with Crippen molar-refractivity contribution in [1.82, 2.24) is 0 Å². The van der Waals surface area contributed by atoms with Crippen molar-refractivity contribution in [2.75, 3.05) is 23.7 Å². The lowest BCUT2D eigenvalue weighted by atomic mass is 10.1. The number of carbonyl (C=O) groups excluding carboxylic acids is 1. The van der Waals surface area contributed by atoms with Gasteiger partial charge >= 0.3 is 5.97 Å². The molecule has 0 heterocycles. The molecule has 5 N–H and O–H groups in total. The van der Waals surface area contributed by atoms with Gasteiger partial charge in [-0.05, 0) is 37.0 Å². The summed E-state index contributed by atoms with van der Waals surface area (Å²) < 4.78 is 27.3. The monoisotopic (exact) mass is 401 g/mol. The van der Waals surface area contributed by atoms with Gasteiger partial charge in [-0.15, -0.1) is 0 Å². The number of allylic oxidation sites excluding steroid dienone is 1. The fourth-order valence-electron chi connectivity index (χ4n) is 2.61. The molecule has 0 saturated heterocycles. The third-order valence-electron chi connectivity index (χ3n) is 4.00. The van der Waals surface area contributed by atoms with Crippen LogP contribution in [0.5, 0.6) is 0 Å². The average molecular weight is 401 g/mol. The molecule has 0 aliphatic rings. The number of aliphatic hydroxyl groups is 1. The number of carbonyl (C=O) groups is 2. The van der Waals surface area contributed by atoms with Crippen molar-refractivity contribution < 1.29 is 33.5 Å². The van der Waals surface area contributed by atoms with Gasteiger partial charge in [-0.3, -0.25) is 9.59 Å². The highest BCUT2D eigenvalue weighted by atomic mass is 32.3. The molecule has 1 rings (SSSR count). The van der Waals surface area contributed by atoms with Crippen molar-refractivity contribution in [2.45, 2.75) is 32.1 Å². The molecule has 0 aromatic heterocycles. The van der Waals surface area contributed by atoms with Crippen LogP contribution in [0, 0.1) is 0 Å². The molecule has 9 heteroatoms. The molecule has 0 aliphatic carbocycles. The van der Waals surface area contributed by atoms with E-state index < -0.39 is 16.8 Å². The van der Waals surface area contributed by atoms with Crippen LogP contribution in [0.2, 0.25) is 0 Å². The Bertz CT molecular complexity index is 626. The fourth-order valence-corrected chi connectivity index (χ4v) is 3.13. The largest absolute Gasteiger partial charge is 0.515 e. The molecule has 0 saturated carbocycles. The van der Waals surface area contributed by atoms with Crippen molar-refractivity contribution in [1.29, 1.82) is 0 Å². The third kappa shape index (κ3) is 9.43. The zero-order valence-corrected chi connectivity index (χ0v) is 15.8. The van der Waals surface area contributed by atoms with Crippen molar-refractivity contribution in [2.24, 2.45) is 0 Å². The molecule has 152 valence electrons. The first-order chi connectivity index (χ1) is 12.8. The molecule has 1 aromatic rings. The minimum atomic E-state index is -3.53. The summed E-state index contributed by atoms with van der Waals surface area (Å²) in [6.07, 6.45) is 3.89. The zero-order valence-electron chi connectivity index (χ0n) is 15.0. The molecule has 1 aromatic carbocycles. The van der Waals surface area contributed by atoms with Crippen LogP contribution >= 0.6 is 10.9 Å². The third-order valence-corrected chi connectivity index (χ3v) is 4.83. The van der Waals surface area contributed by atoms with E-state index in [-0.39, 0.29) is 17.7 Å². The Morgan fingerprint density at radius 1 is 1.00 bits per heavy atom. The standard InChI is InChI=1S/C18H27NO7S/c20-13-16(14-21)15-6-8-17(9-7-15)19(11-4-12-27(24,25)26)10-3-1-2-5-18(22)23/h6-9,13-14,20,24-26H,1-5,10-12H2,(H,22,23)/b16-13-. The molecule has 8 nitrogen and oxygen atoms in total. The molecular formula is C18H27NO7S. The van der Waals surface area contributed by atoms with E-state index in [0.717, 1.165) is 24.8 Å². The average Bonchev–Trinajstić information content (AvgIpc) is 2.60. The highest BCUT2D eigenvalue weighted by molar-refractivity contribution is 8.19. The van der Waals surface area contributed by atoms with Gasteiger partial charge in [0.05, 0.1) is 22.7 Å². The van der Waals surface area contributed by atoms with Crippen molar-refractivity contribution in [3.05, 3.63) is 36.1 Å². The second kappa shape index (κ2) is 11.6. The summed E-state index contributed by atoms with van der Waals surface area (Å²) in [6, 6.07) is 6.97. The predicted octanol–water partition coefficient (Wildman–Crippen LogP) is 3.85. The lowest BCUT2D eigenvalue weighted by Gasteiger charge is -2.27. The van der Waals surface area contributed by atoms with Crippen molar-refractivity contribution in [3.63, 3.8) is 0 Å². The molecule has 0 radical (unpaired) electrons. The van der Waals surface area contributed by atoms with Gasteiger partial charge in [0.2, 0.25) is 0 Å². The minimum absolute atomic E-state index is 0.122. The van der Waals surface area contributed by atoms with Gasteiger partial charge in [0, 0.05) is 31.0 Å². The van der Waals surface area contributed by atoms with Crippen LogP contribution in [0.3, 0.4) is 0 Å². The van der Waals surface area contributed by atoms with E-state index in [0.29, 0.717) is 37.8 Å². The number of anilines is 1. The van der Waals surface area contributed by atoms with Gasteiger partial charge < -0.3 is 28.8 Å². The first-order valence-corrected chi connectivity index (χ1v) is 10.3. The van der Waals surface area contributed by atoms with Crippen LogP contribution in [-0.2, 0) is 9.59 Å².